The van der Waals surface area contributed by atoms with E-state index in [-0.39, 0.29) is 4.91 Å². The first kappa shape index (κ1) is 16.1. The molecule has 0 unspecified atom stereocenters. The molecule has 0 bridgehead atoms. The summed E-state index contributed by atoms with van der Waals surface area (Å²) in [5.41, 5.74) is 0.650. The van der Waals surface area contributed by atoms with Gasteiger partial charge >= 0.3 is 5.97 Å². The number of nitrogens with zero attached hydrogens (tertiary/aromatic N) is 1. The number of carboxylic acids is 1. The minimum atomic E-state index is -1.23. The maximum absolute atomic E-state index is 12.2. The molecule has 0 spiro atoms. The summed E-state index contributed by atoms with van der Waals surface area (Å²) in [6.07, 6.45) is 1.55. The maximum Gasteiger partial charge on any atom is 0.323 e. The predicted octanol–water partition coefficient (Wildman–Crippen LogP) is 2.97. The summed E-state index contributed by atoms with van der Waals surface area (Å²) in [4.78, 5) is 35.7. The molecule has 0 atom stereocenters. The summed E-state index contributed by atoms with van der Waals surface area (Å²) < 4.78 is 5.46. The molecule has 2 amide bonds. The lowest BCUT2D eigenvalue weighted by molar-refractivity contribution is -0.140. The summed E-state index contributed by atoms with van der Waals surface area (Å²) in [6.45, 7) is -0.642. The fraction of sp³-hybridized carbons (Fsp3) is 0.118. The predicted molar refractivity (Wildman–Crippen MR) is 90.8 cm³/mol. The Hall–Kier alpha value is -2.80. The fourth-order valence-electron chi connectivity index (χ4n) is 2.51. The monoisotopic (exact) mass is 343 g/mol. The third kappa shape index (κ3) is 2.85. The molecule has 1 N–H and O–H groups in total. The molecule has 6 nitrogen and oxygen atoms in total. The highest BCUT2D eigenvalue weighted by atomic mass is 32.2. The van der Waals surface area contributed by atoms with Gasteiger partial charge in [-0.25, -0.2) is 0 Å². The van der Waals surface area contributed by atoms with Crippen LogP contribution in [-0.2, 0) is 9.59 Å². The Bertz CT molecular complexity index is 890. The highest BCUT2D eigenvalue weighted by molar-refractivity contribution is 8.18. The van der Waals surface area contributed by atoms with Crippen LogP contribution in [0.4, 0.5) is 4.79 Å². The summed E-state index contributed by atoms with van der Waals surface area (Å²) in [5, 5.41) is 10.1. The number of carbonyl (C=O) groups excluding carboxylic acids is 2. The Kier molecular flexibility index (Phi) is 4.26. The summed E-state index contributed by atoms with van der Waals surface area (Å²) in [6, 6.07) is 11.3. The standard InChI is InChI=1S/C17H13NO5S/c1-23-15-11(7-6-10-4-2-3-5-12(10)15)8-13-16(21)18(9-14(19)20)17(22)24-13/h2-8H,9H2,1H3,(H,19,20)/b13-8+. The van der Waals surface area contributed by atoms with Gasteiger partial charge in [-0.1, -0.05) is 36.4 Å². The van der Waals surface area contributed by atoms with Crippen LogP contribution in [0.3, 0.4) is 0 Å². The van der Waals surface area contributed by atoms with Crippen LogP contribution in [0.1, 0.15) is 5.56 Å². The highest BCUT2D eigenvalue weighted by Gasteiger charge is 2.36. The Balaban J connectivity index is 2.03. The average Bonchev–Trinajstić information content (AvgIpc) is 2.82. The largest absolute Gasteiger partial charge is 0.495 e. The van der Waals surface area contributed by atoms with Crippen LogP contribution < -0.4 is 4.74 Å². The van der Waals surface area contributed by atoms with Crippen LogP contribution in [0.5, 0.6) is 5.75 Å². The smallest absolute Gasteiger partial charge is 0.323 e. The number of hydrogen-bond acceptors (Lipinski definition) is 5. The zero-order valence-corrected chi connectivity index (χ0v) is 13.5. The normalized spacial score (nSPS) is 16.2. The van der Waals surface area contributed by atoms with Gasteiger partial charge in [0.2, 0.25) is 0 Å². The highest BCUT2D eigenvalue weighted by Crippen LogP contribution is 2.36. The number of carbonyl (C=O) groups is 3. The Morgan fingerprint density at radius 3 is 2.71 bits per heavy atom. The number of rotatable bonds is 4. The second kappa shape index (κ2) is 6.37. The molecule has 1 aliphatic rings. The van der Waals surface area contributed by atoms with Crippen LogP contribution in [0.2, 0.25) is 0 Å². The van der Waals surface area contributed by atoms with Gasteiger partial charge in [-0.15, -0.1) is 0 Å². The van der Waals surface area contributed by atoms with Crippen molar-refractivity contribution in [2.24, 2.45) is 0 Å². The van der Waals surface area contributed by atoms with E-state index in [0.717, 1.165) is 22.5 Å². The molecule has 3 rings (SSSR count). The van der Waals surface area contributed by atoms with E-state index >= 15 is 0 Å². The van der Waals surface area contributed by atoms with E-state index < -0.39 is 23.7 Å². The van der Waals surface area contributed by atoms with Crippen LogP contribution >= 0.6 is 11.8 Å². The second-order valence-electron chi connectivity index (χ2n) is 5.07. The van der Waals surface area contributed by atoms with E-state index in [9.17, 15) is 14.4 Å². The number of aliphatic carboxylic acids is 1. The van der Waals surface area contributed by atoms with E-state index in [4.69, 9.17) is 9.84 Å². The van der Waals surface area contributed by atoms with Gasteiger partial charge in [-0.2, -0.15) is 0 Å². The van der Waals surface area contributed by atoms with Crippen LogP contribution in [0, 0.1) is 0 Å². The number of carboxylic acid groups (broad SMARTS) is 1. The number of hydrogen-bond donors (Lipinski definition) is 1. The minimum Gasteiger partial charge on any atom is -0.495 e. The number of ether oxygens (including phenoxy) is 1. The van der Waals surface area contributed by atoms with E-state index in [2.05, 4.69) is 0 Å². The summed E-state index contributed by atoms with van der Waals surface area (Å²) in [5.74, 6) is -1.25. The average molecular weight is 343 g/mol. The molecule has 1 heterocycles. The number of benzene rings is 2. The quantitative estimate of drug-likeness (QED) is 0.859. The van der Waals surface area contributed by atoms with Gasteiger partial charge in [0.25, 0.3) is 11.1 Å². The zero-order chi connectivity index (χ0) is 17.3. The molecule has 0 aliphatic carbocycles. The lowest BCUT2D eigenvalue weighted by atomic mass is 10.0. The molecule has 2 aromatic carbocycles. The lowest BCUT2D eigenvalue weighted by Gasteiger charge is -2.10. The van der Waals surface area contributed by atoms with Gasteiger partial charge < -0.3 is 9.84 Å². The van der Waals surface area contributed by atoms with Crippen LogP contribution in [-0.4, -0.2) is 40.8 Å². The Morgan fingerprint density at radius 1 is 1.25 bits per heavy atom. The number of amides is 2. The number of fused-ring (bicyclic) bond motifs is 1. The molecule has 0 radical (unpaired) electrons. The second-order valence-corrected chi connectivity index (χ2v) is 6.06. The van der Waals surface area contributed by atoms with E-state index in [1.807, 2.05) is 30.3 Å². The fourth-order valence-corrected chi connectivity index (χ4v) is 3.34. The molecule has 1 saturated heterocycles. The maximum atomic E-state index is 12.2. The van der Waals surface area contributed by atoms with Gasteiger partial charge in [0, 0.05) is 10.9 Å². The van der Waals surface area contributed by atoms with Gasteiger partial charge in [-0.05, 0) is 23.2 Å². The van der Waals surface area contributed by atoms with E-state index in [0.29, 0.717) is 16.2 Å². The first-order valence-corrected chi connectivity index (χ1v) is 7.86. The van der Waals surface area contributed by atoms with Crippen molar-refractivity contribution in [3.05, 3.63) is 46.9 Å². The zero-order valence-electron chi connectivity index (χ0n) is 12.7. The van der Waals surface area contributed by atoms with Gasteiger partial charge in [0.05, 0.1) is 12.0 Å². The molecule has 122 valence electrons. The molecule has 1 fully saturated rings. The van der Waals surface area contributed by atoms with E-state index in [1.165, 1.54) is 7.11 Å². The third-order valence-corrected chi connectivity index (χ3v) is 4.48. The third-order valence-electron chi connectivity index (χ3n) is 3.57. The Morgan fingerprint density at radius 2 is 2.00 bits per heavy atom. The number of imide groups is 1. The van der Waals surface area contributed by atoms with E-state index in [1.54, 1.807) is 12.1 Å². The molecule has 7 heteroatoms. The summed E-state index contributed by atoms with van der Waals surface area (Å²) in [7, 11) is 1.54. The van der Waals surface area contributed by atoms with Crippen molar-refractivity contribution >= 4 is 45.7 Å². The van der Waals surface area contributed by atoms with Crippen molar-refractivity contribution in [2.45, 2.75) is 0 Å². The van der Waals surface area contributed by atoms with Crippen LogP contribution in [0.15, 0.2) is 41.3 Å². The first-order chi connectivity index (χ1) is 11.5. The molecule has 0 saturated carbocycles. The number of thioether (sulfide) groups is 1. The molecular weight excluding hydrogens is 330 g/mol. The van der Waals surface area contributed by atoms with Crippen LogP contribution in [0.25, 0.3) is 16.8 Å². The van der Waals surface area contributed by atoms with Crippen molar-refractivity contribution < 1.29 is 24.2 Å². The summed E-state index contributed by atoms with van der Waals surface area (Å²) >= 11 is 0.723. The molecule has 2 aromatic rings. The topological polar surface area (TPSA) is 83.9 Å². The molecular formula is C17H13NO5S. The molecule has 0 aromatic heterocycles. The molecule has 1 aliphatic heterocycles. The number of methoxy groups -OCH3 is 1. The van der Waals surface area contributed by atoms with Gasteiger partial charge in [-0.3, -0.25) is 19.3 Å². The van der Waals surface area contributed by atoms with Crippen molar-refractivity contribution in [3.63, 3.8) is 0 Å². The minimum absolute atomic E-state index is 0.176. The van der Waals surface area contributed by atoms with Crippen molar-refractivity contribution in [1.82, 2.24) is 4.90 Å². The van der Waals surface area contributed by atoms with Crippen molar-refractivity contribution in [1.29, 1.82) is 0 Å². The van der Waals surface area contributed by atoms with Gasteiger partial charge in [0.1, 0.15) is 12.3 Å². The van der Waals surface area contributed by atoms with Crippen molar-refractivity contribution in [3.8, 4) is 5.75 Å². The first-order valence-electron chi connectivity index (χ1n) is 7.04. The van der Waals surface area contributed by atoms with Gasteiger partial charge in [0.15, 0.2) is 0 Å². The Labute approximate surface area is 141 Å². The van der Waals surface area contributed by atoms with Crippen molar-refractivity contribution in [2.75, 3.05) is 13.7 Å². The lowest BCUT2D eigenvalue weighted by Crippen LogP contribution is -2.33. The SMILES string of the molecule is COc1c(/C=C2/SC(=O)N(CC(=O)O)C2=O)ccc2ccccc12. The molecule has 24 heavy (non-hydrogen) atoms.